The Morgan fingerprint density at radius 3 is 2.80 bits per heavy atom. The van der Waals surface area contributed by atoms with E-state index in [0.717, 1.165) is 18.4 Å². The predicted molar refractivity (Wildman–Crippen MR) is 74.0 cm³/mol. The third-order valence-corrected chi connectivity index (χ3v) is 5.78. The summed E-state index contributed by atoms with van der Waals surface area (Å²) >= 11 is 0. The maximum atomic E-state index is 14.6. The molecular formula is C15H16FNO2S. The van der Waals surface area contributed by atoms with Gasteiger partial charge in [-0.15, -0.1) is 0 Å². The summed E-state index contributed by atoms with van der Waals surface area (Å²) < 4.78 is 39.5. The molecule has 0 bridgehead atoms. The molecule has 0 fully saturated rings. The van der Waals surface area contributed by atoms with Crippen molar-refractivity contribution in [1.82, 2.24) is 4.98 Å². The number of rotatable bonds is 2. The summed E-state index contributed by atoms with van der Waals surface area (Å²) in [4.78, 5) is 2.57. The number of nitrogens with one attached hydrogen (secondary N) is 1. The Hall–Kier alpha value is -1.62. The van der Waals surface area contributed by atoms with Crippen molar-refractivity contribution < 1.29 is 12.8 Å². The van der Waals surface area contributed by atoms with Crippen LogP contribution in [-0.4, -0.2) is 13.4 Å². The maximum absolute atomic E-state index is 14.6. The Labute approximate surface area is 117 Å². The van der Waals surface area contributed by atoms with E-state index < -0.39 is 15.7 Å². The van der Waals surface area contributed by atoms with Gasteiger partial charge in [0.2, 0.25) is 9.84 Å². The third-order valence-electron chi connectivity index (χ3n) is 4.01. The molecule has 0 amide bonds. The van der Waals surface area contributed by atoms with Crippen LogP contribution in [0.25, 0.3) is 0 Å². The van der Waals surface area contributed by atoms with E-state index in [1.807, 2.05) is 0 Å². The number of H-pyrrole nitrogens is 1. The monoisotopic (exact) mass is 293 g/mol. The molecule has 0 saturated heterocycles. The first-order valence-electron chi connectivity index (χ1n) is 6.71. The molecule has 1 aliphatic carbocycles. The van der Waals surface area contributed by atoms with Crippen LogP contribution in [0.4, 0.5) is 4.39 Å². The van der Waals surface area contributed by atoms with Crippen LogP contribution in [0.3, 0.4) is 0 Å². The first-order chi connectivity index (χ1) is 9.51. The van der Waals surface area contributed by atoms with Gasteiger partial charge in [-0.1, -0.05) is 13.0 Å². The van der Waals surface area contributed by atoms with Gasteiger partial charge in [-0.25, -0.2) is 12.8 Å². The fourth-order valence-corrected chi connectivity index (χ4v) is 4.21. The van der Waals surface area contributed by atoms with Gasteiger partial charge in [0.15, 0.2) is 0 Å². The van der Waals surface area contributed by atoms with Crippen LogP contribution in [0.15, 0.2) is 40.4 Å². The summed E-state index contributed by atoms with van der Waals surface area (Å²) in [6, 6.07) is 4.61. The molecule has 106 valence electrons. The SMILES string of the molecule is C[C@@H]1CCCc2c1ccc(S(=O)(=O)c1cc[nH]c1)c2F. The molecule has 0 radical (unpaired) electrons. The van der Waals surface area contributed by atoms with E-state index in [9.17, 15) is 12.8 Å². The summed E-state index contributed by atoms with van der Waals surface area (Å²) in [5, 5.41) is 0. The predicted octanol–water partition coefficient (Wildman–Crippen LogP) is 3.43. The highest BCUT2D eigenvalue weighted by Crippen LogP contribution is 2.36. The summed E-state index contributed by atoms with van der Waals surface area (Å²) in [6.45, 7) is 2.05. The van der Waals surface area contributed by atoms with Gasteiger partial charge in [-0.05, 0) is 48.4 Å². The quantitative estimate of drug-likeness (QED) is 0.922. The Morgan fingerprint density at radius 1 is 1.30 bits per heavy atom. The molecule has 3 rings (SSSR count). The summed E-state index contributed by atoms with van der Waals surface area (Å²) in [7, 11) is -3.78. The Balaban J connectivity index is 2.17. The third kappa shape index (κ3) is 1.97. The zero-order valence-electron chi connectivity index (χ0n) is 11.2. The molecule has 2 aromatic rings. The summed E-state index contributed by atoms with van der Waals surface area (Å²) in [5.41, 5.74) is 1.52. The molecule has 0 aliphatic heterocycles. The average molecular weight is 293 g/mol. The highest BCUT2D eigenvalue weighted by atomic mass is 32.2. The van der Waals surface area contributed by atoms with E-state index in [0.29, 0.717) is 12.0 Å². The van der Waals surface area contributed by atoms with Gasteiger partial charge in [0.1, 0.15) is 10.7 Å². The number of aromatic amines is 1. The van der Waals surface area contributed by atoms with E-state index in [-0.39, 0.29) is 15.7 Å². The first-order valence-corrected chi connectivity index (χ1v) is 8.19. The van der Waals surface area contributed by atoms with Crippen molar-refractivity contribution in [1.29, 1.82) is 0 Å². The van der Waals surface area contributed by atoms with Crippen molar-refractivity contribution in [2.75, 3.05) is 0 Å². The van der Waals surface area contributed by atoms with Crippen molar-refractivity contribution in [2.24, 2.45) is 0 Å². The number of fused-ring (bicyclic) bond motifs is 1. The molecule has 1 aliphatic rings. The highest BCUT2D eigenvalue weighted by molar-refractivity contribution is 7.91. The minimum absolute atomic E-state index is 0.0974. The zero-order chi connectivity index (χ0) is 14.3. The topological polar surface area (TPSA) is 49.9 Å². The normalized spacial score (nSPS) is 18.8. The lowest BCUT2D eigenvalue weighted by molar-refractivity contribution is 0.520. The molecule has 1 N–H and O–H groups in total. The molecule has 0 saturated carbocycles. The van der Waals surface area contributed by atoms with Gasteiger partial charge in [0.25, 0.3) is 0 Å². The van der Waals surface area contributed by atoms with E-state index in [2.05, 4.69) is 11.9 Å². The lowest BCUT2D eigenvalue weighted by atomic mass is 9.84. The maximum Gasteiger partial charge on any atom is 0.210 e. The van der Waals surface area contributed by atoms with Crippen molar-refractivity contribution in [3.8, 4) is 0 Å². The van der Waals surface area contributed by atoms with Gasteiger partial charge >= 0.3 is 0 Å². The van der Waals surface area contributed by atoms with Gasteiger partial charge in [0.05, 0.1) is 4.90 Å². The Kier molecular flexibility index (Phi) is 3.17. The zero-order valence-corrected chi connectivity index (χ0v) is 12.0. The van der Waals surface area contributed by atoms with Gasteiger partial charge < -0.3 is 4.98 Å². The van der Waals surface area contributed by atoms with Crippen LogP contribution in [0, 0.1) is 5.82 Å². The van der Waals surface area contributed by atoms with Gasteiger partial charge in [-0.2, -0.15) is 0 Å². The lowest BCUT2D eigenvalue weighted by Crippen LogP contribution is -2.13. The number of aromatic nitrogens is 1. The standard InChI is InChI=1S/C15H16FNO2S/c1-10-3-2-4-13-12(10)5-6-14(15(13)16)20(18,19)11-7-8-17-9-11/h5-10,17H,2-4H2,1H3/t10-/m1/s1. The van der Waals surface area contributed by atoms with Crippen LogP contribution in [0.2, 0.25) is 0 Å². The van der Waals surface area contributed by atoms with E-state index in [1.165, 1.54) is 24.5 Å². The number of hydrogen-bond acceptors (Lipinski definition) is 2. The van der Waals surface area contributed by atoms with Crippen LogP contribution in [0.1, 0.15) is 36.8 Å². The molecule has 5 heteroatoms. The molecule has 1 aromatic carbocycles. The van der Waals surface area contributed by atoms with Crippen LogP contribution in [-0.2, 0) is 16.3 Å². The van der Waals surface area contributed by atoms with Crippen molar-refractivity contribution >= 4 is 9.84 Å². The Bertz CT molecular complexity index is 735. The second-order valence-electron chi connectivity index (χ2n) is 5.29. The molecule has 0 spiro atoms. The van der Waals surface area contributed by atoms with Gasteiger partial charge in [-0.3, -0.25) is 0 Å². The number of benzene rings is 1. The average Bonchev–Trinajstić information content (AvgIpc) is 2.94. The van der Waals surface area contributed by atoms with Crippen LogP contribution < -0.4 is 0 Å². The molecule has 1 aromatic heterocycles. The number of sulfone groups is 1. The van der Waals surface area contributed by atoms with E-state index >= 15 is 0 Å². The second kappa shape index (κ2) is 4.74. The van der Waals surface area contributed by atoms with Crippen LogP contribution in [0.5, 0.6) is 0 Å². The molecule has 3 nitrogen and oxygen atoms in total. The number of hydrogen-bond donors (Lipinski definition) is 1. The minimum atomic E-state index is -3.78. The fourth-order valence-electron chi connectivity index (χ4n) is 2.88. The van der Waals surface area contributed by atoms with E-state index in [1.54, 1.807) is 6.07 Å². The molecule has 0 unspecified atom stereocenters. The molecule has 1 heterocycles. The van der Waals surface area contributed by atoms with Gasteiger partial charge in [0, 0.05) is 12.4 Å². The van der Waals surface area contributed by atoms with Crippen molar-refractivity contribution in [3.63, 3.8) is 0 Å². The summed E-state index contributed by atoms with van der Waals surface area (Å²) in [5.74, 6) is -0.285. The largest absolute Gasteiger partial charge is 0.366 e. The second-order valence-corrected chi connectivity index (χ2v) is 7.21. The number of halogens is 1. The smallest absolute Gasteiger partial charge is 0.210 e. The highest BCUT2D eigenvalue weighted by Gasteiger charge is 2.28. The first kappa shape index (κ1) is 13.4. The Morgan fingerprint density at radius 2 is 2.10 bits per heavy atom. The van der Waals surface area contributed by atoms with E-state index in [4.69, 9.17) is 0 Å². The summed E-state index contributed by atoms with van der Waals surface area (Å²) in [6.07, 6.45) is 5.43. The van der Waals surface area contributed by atoms with Crippen LogP contribution >= 0.6 is 0 Å². The van der Waals surface area contributed by atoms with Crippen molar-refractivity contribution in [3.05, 3.63) is 47.5 Å². The fraction of sp³-hybridized carbons (Fsp3) is 0.333. The molecule has 20 heavy (non-hydrogen) atoms. The van der Waals surface area contributed by atoms with Crippen molar-refractivity contribution in [2.45, 2.75) is 41.9 Å². The lowest BCUT2D eigenvalue weighted by Gasteiger charge is -2.23. The molecule has 1 atom stereocenters. The molecular weight excluding hydrogens is 277 g/mol. The minimum Gasteiger partial charge on any atom is -0.366 e.